The monoisotopic (exact) mass is 434 g/mol. The maximum atomic E-state index is 12.7. The van der Waals surface area contributed by atoms with Gasteiger partial charge in [-0.05, 0) is 30.5 Å². The zero-order valence-corrected chi connectivity index (χ0v) is 15.4. The number of alkyl halides is 3. The zero-order valence-electron chi connectivity index (χ0n) is 13.0. The van der Waals surface area contributed by atoms with Crippen LogP contribution < -0.4 is 10.3 Å². The molecule has 146 valence electrons. The molecule has 7 nitrogen and oxygen atoms in total. The number of carbonyl (C=O) groups excluding carboxylic acids is 1. The molecule has 1 amide bonds. The highest BCUT2D eigenvalue weighted by molar-refractivity contribution is 7.91. The van der Waals surface area contributed by atoms with E-state index in [1.807, 2.05) is 5.43 Å². The molecule has 0 aromatic heterocycles. The molecule has 26 heavy (non-hydrogen) atoms. The Bertz CT molecular complexity index is 916. The van der Waals surface area contributed by atoms with Crippen LogP contribution >= 0.6 is 11.6 Å². The number of nitrogens with one attached hydrogen (secondary N) is 2. The zero-order chi connectivity index (χ0) is 19.8. The van der Waals surface area contributed by atoms with Crippen LogP contribution in [0.2, 0.25) is 5.02 Å². The van der Waals surface area contributed by atoms with Crippen molar-refractivity contribution in [2.24, 2.45) is 5.92 Å². The Morgan fingerprint density at radius 1 is 1.31 bits per heavy atom. The molecule has 0 spiro atoms. The molecule has 1 fully saturated rings. The number of hydrogen-bond acceptors (Lipinski definition) is 5. The van der Waals surface area contributed by atoms with Gasteiger partial charge in [0.25, 0.3) is 10.0 Å². The molecular formula is C13H14ClF3N2O5S2. The lowest BCUT2D eigenvalue weighted by Gasteiger charge is -2.13. The largest absolute Gasteiger partial charge is 0.416 e. The highest BCUT2D eigenvalue weighted by Crippen LogP contribution is 2.33. The number of sulfone groups is 1. The predicted octanol–water partition coefficient (Wildman–Crippen LogP) is 1.49. The molecule has 0 saturated carbocycles. The van der Waals surface area contributed by atoms with Crippen LogP contribution in [0.3, 0.4) is 0 Å². The second-order valence-corrected chi connectivity index (χ2v) is 10.1. The second kappa shape index (κ2) is 7.33. The third kappa shape index (κ3) is 5.32. The molecule has 2 N–H and O–H groups in total. The van der Waals surface area contributed by atoms with E-state index >= 15 is 0 Å². The average Bonchev–Trinajstić information content (AvgIpc) is 2.83. The van der Waals surface area contributed by atoms with Crippen molar-refractivity contribution < 1.29 is 34.8 Å². The lowest BCUT2D eigenvalue weighted by Crippen LogP contribution is -2.42. The summed E-state index contributed by atoms with van der Waals surface area (Å²) in [7, 11) is -7.75. The van der Waals surface area contributed by atoms with E-state index in [1.165, 1.54) is 0 Å². The first kappa shape index (κ1) is 20.9. The van der Waals surface area contributed by atoms with Gasteiger partial charge in [-0.3, -0.25) is 10.2 Å². The number of carbonyl (C=O) groups is 1. The number of rotatable bonds is 5. The number of hydrazine groups is 1. The van der Waals surface area contributed by atoms with Crippen LogP contribution in [0.1, 0.15) is 18.4 Å². The Labute approximate surface area is 152 Å². The summed E-state index contributed by atoms with van der Waals surface area (Å²) in [5.74, 6) is -1.47. The smallest absolute Gasteiger partial charge is 0.278 e. The van der Waals surface area contributed by atoms with Crippen molar-refractivity contribution in [1.29, 1.82) is 0 Å². The van der Waals surface area contributed by atoms with E-state index < -0.39 is 53.3 Å². The molecule has 1 heterocycles. The minimum Gasteiger partial charge on any atom is -0.278 e. The summed E-state index contributed by atoms with van der Waals surface area (Å²) < 4.78 is 85.0. The Morgan fingerprint density at radius 2 is 1.96 bits per heavy atom. The first-order valence-corrected chi connectivity index (χ1v) is 10.9. The Hall–Kier alpha value is -1.37. The SMILES string of the molecule is O=C(CC1CCS(=O)(=O)C1)NNS(=O)(=O)c1cc(C(F)(F)F)ccc1Cl. The van der Waals surface area contributed by atoms with Crippen LogP contribution in [-0.4, -0.2) is 34.2 Å². The lowest BCUT2D eigenvalue weighted by molar-refractivity contribution is -0.137. The maximum Gasteiger partial charge on any atom is 0.416 e. The van der Waals surface area contributed by atoms with Gasteiger partial charge in [-0.25, -0.2) is 16.8 Å². The third-order valence-electron chi connectivity index (χ3n) is 3.67. The number of amides is 1. The van der Waals surface area contributed by atoms with Crippen LogP contribution in [0.5, 0.6) is 0 Å². The van der Waals surface area contributed by atoms with Crippen LogP contribution in [0, 0.1) is 5.92 Å². The van der Waals surface area contributed by atoms with Gasteiger partial charge in [0.1, 0.15) is 4.90 Å². The Balaban J connectivity index is 2.06. The van der Waals surface area contributed by atoms with Crippen molar-refractivity contribution in [3.05, 3.63) is 28.8 Å². The van der Waals surface area contributed by atoms with E-state index in [9.17, 15) is 34.8 Å². The molecule has 0 aliphatic carbocycles. The molecule has 0 bridgehead atoms. The summed E-state index contributed by atoms with van der Waals surface area (Å²) in [5, 5.41) is -0.457. The summed E-state index contributed by atoms with van der Waals surface area (Å²) in [6, 6.07) is 1.75. The molecule has 1 aromatic rings. The van der Waals surface area contributed by atoms with E-state index in [0.717, 1.165) is 6.07 Å². The van der Waals surface area contributed by atoms with Crippen molar-refractivity contribution in [2.45, 2.75) is 23.9 Å². The normalized spacial score (nSPS) is 20.1. The van der Waals surface area contributed by atoms with Crippen LogP contribution in [0.25, 0.3) is 0 Å². The van der Waals surface area contributed by atoms with Crippen LogP contribution in [0.4, 0.5) is 13.2 Å². The van der Waals surface area contributed by atoms with Crippen molar-refractivity contribution in [3.8, 4) is 0 Å². The van der Waals surface area contributed by atoms with E-state index in [1.54, 1.807) is 4.83 Å². The summed E-state index contributed by atoms with van der Waals surface area (Å²) in [6.07, 6.45) is -4.73. The van der Waals surface area contributed by atoms with Gasteiger partial charge in [0.2, 0.25) is 5.91 Å². The van der Waals surface area contributed by atoms with Crippen molar-refractivity contribution >= 4 is 37.4 Å². The molecule has 13 heteroatoms. The summed E-state index contributed by atoms with van der Waals surface area (Å²) >= 11 is 5.65. The molecule has 1 aliphatic heterocycles. The van der Waals surface area contributed by atoms with Gasteiger partial charge in [-0.2, -0.15) is 13.2 Å². The maximum absolute atomic E-state index is 12.7. The number of benzene rings is 1. The first-order chi connectivity index (χ1) is 11.8. The van der Waals surface area contributed by atoms with Gasteiger partial charge in [0.05, 0.1) is 22.1 Å². The van der Waals surface area contributed by atoms with Crippen LogP contribution in [-0.2, 0) is 30.8 Å². The average molecular weight is 435 g/mol. The first-order valence-electron chi connectivity index (χ1n) is 7.18. The minimum absolute atomic E-state index is 0.0451. The molecule has 1 saturated heterocycles. The minimum atomic E-state index is -4.77. The number of sulfonamides is 1. The highest BCUT2D eigenvalue weighted by Gasteiger charge is 2.33. The van der Waals surface area contributed by atoms with Gasteiger partial charge in [0.15, 0.2) is 9.84 Å². The van der Waals surface area contributed by atoms with Gasteiger partial charge < -0.3 is 0 Å². The summed E-state index contributed by atoms with van der Waals surface area (Å²) in [5.41, 5.74) is 0.632. The molecule has 0 radical (unpaired) electrons. The van der Waals surface area contributed by atoms with Gasteiger partial charge in [-0.1, -0.05) is 11.6 Å². The van der Waals surface area contributed by atoms with Gasteiger partial charge in [0, 0.05) is 6.42 Å². The molecule has 1 atom stereocenters. The molecule has 2 rings (SSSR count). The van der Waals surface area contributed by atoms with Gasteiger partial charge in [-0.15, -0.1) is 4.83 Å². The fourth-order valence-corrected chi connectivity index (χ4v) is 5.66. The molecule has 1 aliphatic rings. The molecule has 1 aromatic carbocycles. The second-order valence-electron chi connectivity index (χ2n) is 5.77. The Morgan fingerprint density at radius 3 is 2.50 bits per heavy atom. The topological polar surface area (TPSA) is 109 Å². The third-order valence-corrected chi connectivity index (χ3v) is 7.24. The van der Waals surface area contributed by atoms with E-state index in [2.05, 4.69) is 0 Å². The highest BCUT2D eigenvalue weighted by atomic mass is 35.5. The standard InChI is InChI=1S/C13H14ClF3N2O5S2/c14-10-2-1-9(13(15,16)17)6-11(10)26(23,24)19-18-12(20)5-8-3-4-25(21,22)7-8/h1-2,6,8,19H,3-5,7H2,(H,18,20). The lowest BCUT2D eigenvalue weighted by atomic mass is 10.1. The summed E-state index contributed by atoms with van der Waals surface area (Å²) in [6.45, 7) is 0. The van der Waals surface area contributed by atoms with Crippen molar-refractivity contribution in [2.75, 3.05) is 11.5 Å². The van der Waals surface area contributed by atoms with E-state index in [0.29, 0.717) is 12.1 Å². The summed E-state index contributed by atoms with van der Waals surface area (Å²) in [4.78, 5) is 12.6. The quantitative estimate of drug-likeness (QED) is 0.682. The molecule has 1 unspecified atom stereocenters. The molecular weight excluding hydrogens is 421 g/mol. The van der Waals surface area contributed by atoms with E-state index in [4.69, 9.17) is 11.6 Å². The predicted molar refractivity (Wildman–Crippen MR) is 86.3 cm³/mol. The fraction of sp³-hybridized carbons (Fsp3) is 0.462. The number of halogens is 4. The van der Waals surface area contributed by atoms with E-state index in [-0.39, 0.29) is 24.3 Å². The van der Waals surface area contributed by atoms with Crippen molar-refractivity contribution in [3.63, 3.8) is 0 Å². The fourth-order valence-electron chi connectivity index (χ4n) is 2.41. The Kier molecular flexibility index (Phi) is 5.90. The number of hydrogen-bond donors (Lipinski definition) is 2. The van der Waals surface area contributed by atoms with Crippen molar-refractivity contribution in [1.82, 2.24) is 10.3 Å². The van der Waals surface area contributed by atoms with Gasteiger partial charge >= 0.3 is 6.18 Å². The van der Waals surface area contributed by atoms with Crippen LogP contribution in [0.15, 0.2) is 23.1 Å².